The zero-order valence-corrected chi connectivity index (χ0v) is 21.0. The van der Waals surface area contributed by atoms with Gasteiger partial charge in [-0.15, -0.1) is 0 Å². The highest BCUT2D eigenvalue weighted by molar-refractivity contribution is 5.99. The van der Waals surface area contributed by atoms with Crippen LogP contribution >= 0.6 is 0 Å². The van der Waals surface area contributed by atoms with Crippen molar-refractivity contribution >= 4 is 17.7 Å². The molecule has 2 saturated heterocycles. The predicted molar refractivity (Wildman–Crippen MR) is 134 cm³/mol. The second-order valence-corrected chi connectivity index (χ2v) is 9.79. The number of piperidine rings is 1. The minimum Gasteiger partial charge on any atom is -0.353 e. The second-order valence-electron chi connectivity index (χ2n) is 9.79. The van der Waals surface area contributed by atoms with Crippen molar-refractivity contribution in [2.45, 2.75) is 64.8 Å². The highest BCUT2D eigenvalue weighted by atomic mass is 16.5. The maximum atomic E-state index is 13.8. The van der Waals surface area contributed by atoms with Crippen molar-refractivity contribution in [3.05, 3.63) is 70.8 Å². The van der Waals surface area contributed by atoms with Gasteiger partial charge in [0.2, 0.25) is 5.91 Å². The molecule has 3 amide bonds. The third-order valence-electron chi connectivity index (χ3n) is 7.18. The van der Waals surface area contributed by atoms with E-state index in [0.717, 1.165) is 17.5 Å². The van der Waals surface area contributed by atoms with Crippen LogP contribution in [0.15, 0.2) is 48.5 Å². The molecule has 0 saturated carbocycles. The Morgan fingerprint density at radius 1 is 1.00 bits per heavy atom. The number of likely N-dealkylation sites (tertiary alicyclic amines) is 1. The lowest BCUT2D eigenvalue weighted by molar-refractivity contribution is -0.128. The standard InChI is InChI=1S/C28H35N3O4/c1-5-21(4)29-25(32)24-18-35-28(31(24)27(34)23-8-6-7-20(3)17-23)13-15-30(16-14-28)26(33)22-11-9-19(2)10-12-22/h6-12,17,21,24H,5,13-16,18H2,1-4H3,(H,29,32). The van der Waals surface area contributed by atoms with Crippen LogP contribution in [0, 0.1) is 13.8 Å². The van der Waals surface area contributed by atoms with Crippen LogP contribution in [0.25, 0.3) is 0 Å². The zero-order valence-electron chi connectivity index (χ0n) is 21.0. The molecule has 2 atom stereocenters. The summed E-state index contributed by atoms with van der Waals surface area (Å²) in [6.45, 7) is 8.93. The first-order valence-corrected chi connectivity index (χ1v) is 12.4. The number of aryl methyl sites for hydroxylation is 2. The Balaban J connectivity index is 1.57. The van der Waals surface area contributed by atoms with Crippen LogP contribution in [0.2, 0.25) is 0 Å². The summed E-state index contributed by atoms with van der Waals surface area (Å²) in [6, 6.07) is 14.3. The van der Waals surface area contributed by atoms with Crippen molar-refractivity contribution < 1.29 is 19.1 Å². The molecule has 2 aliphatic heterocycles. The first-order chi connectivity index (χ1) is 16.7. The summed E-state index contributed by atoms with van der Waals surface area (Å²) in [5.41, 5.74) is 2.35. The molecular formula is C28H35N3O4. The van der Waals surface area contributed by atoms with E-state index in [1.807, 2.05) is 70.2 Å². The van der Waals surface area contributed by atoms with Crippen LogP contribution in [0.4, 0.5) is 0 Å². The molecule has 2 aromatic carbocycles. The van der Waals surface area contributed by atoms with Crippen molar-refractivity contribution in [3.63, 3.8) is 0 Å². The maximum Gasteiger partial charge on any atom is 0.256 e. The van der Waals surface area contributed by atoms with E-state index < -0.39 is 11.8 Å². The molecule has 2 heterocycles. The molecule has 35 heavy (non-hydrogen) atoms. The van der Waals surface area contributed by atoms with Crippen molar-refractivity contribution in [3.8, 4) is 0 Å². The van der Waals surface area contributed by atoms with Crippen molar-refractivity contribution in [2.75, 3.05) is 19.7 Å². The van der Waals surface area contributed by atoms with Gasteiger partial charge < -0.3 is 15.0 Å². The molecule has 7 nitrogen and oxygen atoms in total. The smallest absolute Gasteiger partial charge is 0.256 e. The fourth-order valence-electron chi connectivity index (χ4n) is 4.86. The Kier molecular flexibility index (Phi) is 7.26. The molecule has 0 radical (unpaired) electrons. The van der Waals surface area contributed by atoms with Gasteiger partial charge in [0.25, 0.3) is 11.8 Å². The van der Waals surface area contributed by atoms with Gasteiger partial charge in [0.15, 0.2) is 0 Å². The zero-order chi connectivity index (χ0) is 25.2. The molecule has 4 rings (SSSR count). The average Bonchev–Trinajstić information content (AvgIpc) is 3.22. The Labute approximate surface area is 207 Å². The SMILES string of the molecule is CCC(C)NC(=O)C1COC2(CCN(C(=O)c3ccc(C)cc3)CC2)N1C(=O)c1cccc(C)c1. The molecule has 2 unspecified atom stereocenters. The molecule has 1 N–H and O–H groups in total. The third-order valence-corrected chi connectivity index (χ3v) is 7.18. The summed E-state index contributed by atoms with van der Waals surface area (Å²) in [4.78, 5) is 43.5. The number of hydrogen-bond acceptors (Lipinski definition) is 4. The summed E-state index contributed by atoms with van der Waals surface area (Å²) in [5, 5.41) is 3.02. The topological polar surface area (TPSA) is 79.0 Å². The monoisotopic (exact) mass is 477 g/mol. The first-order valence-electron chi connectivity index (χ1n) is 12.4. The van der Waals surface area contributed by atoms with E-state index in [-0.39, 0.29) is 30.4 Å². The Morgan fingerprint density at radius 2 is 1.69 bits per heavy atom. The van der Waals surface area contributed by atoms with Crippen molar-refractivity contribution in [2.24, 2.45) is 0 Å². The Bertz CT molecular complexity index is 1090. The van der Waals surface area contributed by atoms with Gasteiger partial charge in [-0.2, -0.15) is 0 Å². The lowest BCUT2D eigenvalue weighted by Crippen LogP contribution is -2.60. The molecule has 2 fully saturated rings. The molecule has 2 aromatic rings. The largest absolute Gasteiger partial charge is 0.353 e. The van der Waals surface area contributed by atoms with E-state index in [9.17, 15) is 14.4 Å². The molecule has 7 heteroatoms. The minimum absolute atomic E-state index is 0.00366. The van der Waals surface area contributed by atoms with E-state index in [0.29, 0.717) is 37.1 Å². The van der Waals surface area contributed by atoms with Crippen LogP contribution in [0.5, 0.6) is 0 Å². The highest BCUT2D eigenvalue weighted by Gasteiger charge is 2.54. The fourth-order valence-corrected chi connectivity index (χ4v) is 4.86. The van der Waals surface area contributed by atoms with Gasteiger partial charge in [0.1, 0.15) is 11.8 Å². The summed E-state index contributed by atoms with van der Waals surface area (Å²) < 4.78 is 6.27. The van der Waals surface area contributed by atoms with E-state index in [4.69, 9.17) is 4.74 Å². The molecular weight excluding hydrogens is 442 g/mol. The van der Waals surface area contributed by atoms with Gasteiger partial charge in [-0.1, -0.05) is 42.3 Å². The van der Waals surface area contributed by atoms with Gasteiger partial charge in [-0.25, -0.2) is 0 Å². The molecule has 186 valence electrons. The van der Waals surface area contributed by atoms with Crippen LogP contribution < -0.4 is 5.32 Å². The fraction of sp³-hybridized carbons (Fsp3) is 0.464. The van der Waals surface area contributed by atoms with Crippen LogP contribution in [0.1, 0.15) is 65.0 Å². The minimum atomic E-state index is -0.914. The first kappa shape index (κ1) is 24.9. The van der Waals surface area contributed by atoms with Gasteiger partial charge in [-0.3, -0.25) is 19.3 Å². The molecule has 2 aliphatic rings. The van der Waals surface area contributed by atoms with E-state index in [1.54, 1.807) is 15.9 Å². The van der Waals surface area contributed by atoms with Crippen LogP contribution in [-0.4, -0.2) is 65.0 Å². The number of hydrogen-bond donors (Lipinski definition) is 1. The summed E-state index contributed by atoms with van der Waals surface area (Å²) >= 11 is 0. The lowest BCUT2D eigenvalue weighted by Gasteiger charge is -2.44. The van der Waals surface area contributed by atoms with Gasteiger partial charge in [-0.05, 0) is 51.5 Å². The number of carbonyl (C=O) groups excluding carboxylic acids is 3. The number of carbonyl (C=O) groups is 3. The quantitative estimate of drug-likeness (QED) is 0.712. The second kappa shape index (κ2) is 10.2. The van der Waals surface area contributed by atoms with Gasteiger partial charge in [0, 0.05) is 43.1 Å². The van der Waals surface area contributed by atoms with Gasteiger partial charge in [0.05, 0.1) is 6.61 Å². The maximum absolute atomic E-state index is 13.8. The van der Waals surface area contributed by atoms with E-state index >= 15 is 0 Å². The third kappa shape index (κ3) is 5.10. The Morgan fingerprint density at radius 3 is 2.31 bits per heavy atom. The predicted octanol–water partition coefficient (Wildman–Crippen LogP) is 3.69. The molecule has 0 aromatic heterocycles. The molecule has 1 spiro atoms. The van der Waals surface area contributed by atoms with E-state index in [1.165, 1.54) is 0 Å². The van der Waals surface area contributed by atoms with Gasteiger partial charge >= 0.3 is 0 Å². The Hall–Kier alpha value is -3.19. The molecule has 0 aliphatic carbocycles. The lowest BCUT2D eigenvalue weighted by atomic mass is 9.95. The van der Waals surface area contributed by atoms with E-state index in [2.05, 4.69) is 5.32 Å². The summed E-state index contributed by atoms with van der Waals surface area (Å²) in [5.74, 6) is -0.440. The number of benzene rings is 2. The number of rotatable bonds is 5. The van der Waals surface area contributed by atoms with Crippen LogP contribution in [-0.2, 0) is 9.53 Å². The number of nitrogens with one attached hydrogen (secondary N) is 1. The number of amides is 3. The summed E-state index contributed by atoms with van der Waals surface area (Å²) in [6.07, 6.45) is 1.71. The number of nitrogens with zero attached hydrogens (tertiary/aromatic N) is 2. The normalized spacial score (nSPS) is 20.1. The number of ether oxygens (including phenoxy) is 1. The van der Waals surface area contributed by atoms with Crippen LogP contribution in [0.3, 0.4) is 0 Å². The highest BCUT2D eigenvalue weighted by Crippen LogP contribution is 2.39. The van der Waals surface area contributed by atoms with Crippen molar-refractivity contribution in [1.29, 1.82) is 0 Å². The van der Waals surface area contributed by atoms with Crippen molar-refractivity contribution in [1.82, 2.24) is 15.1 Å². The summed E-state index contributed by atoms with van der Waals surface area (Å²) in [7, 11) is 0. The average molecular weight is 478 g/mol. The molecule has 0 bridgehead atoms.